The second kappa shape index (κ2) is 13.3. The zero-order valence-electron chi connectivity index (χ0n) is 23.9. The third-order valence-electron chi connectivity index (χ3n) is 7.55. The Labute approximate surface area is 243 Å². The van der Waals surface area contributed by atoms with Crippen molar-refractivity contribution in [2.24, 2.45) is 0 Å². The molecule has 0 saturated carbocycles. The summed E-state index contributed by atoms with van der Waals surface area (Å²) in [6.07, 6.45) is 0.229. The molecule has 4 heterocycles. The number of nitrogens with zero attached hydrogens (tertiary/aromatic N) is 5. The quantitative estimate of drug-likeness (QED) is 0.161. The molecule has 0 aliphatic carbocycles. The number of ether oxygens (including phenoxy) is 2. The average molecular weight is 580 g/mol. The molecule has 42 heavy (non-hydrogen) atoms. The Morgan fingerprint density at radius 1 is 1.12 bits per heavy atom. The van der Waals surface area contributed by atoms with Crippen LogP contribution in [-0.2, 0) is 27.1 Å². The van der Waals surface area contributed by atoms with Gasteiger partial charge in [0.1, 0.15) is 6.10 Å². The first-order valence-corrected chi connectivity index (χ1v) is 14.3. The monoisotopic (exact) mass is 579 g/mol. The number of rotatable bonds is 14. The third kappa shape index (κ3) is 6.08. The summed E-state index contributed by atoms with van der Waals surface area (Å²) in [6, 6.07) is 11.3. The van der Waals surface area contributed by atoms with Crippen molar-refractivity contribution in [3.05, 3.63) is 59.7 Å². The van der Waals surface area contributed by atoms with Crippen molar-refractivity contribution in [3.63, 3.8) is 0 Å². The fourth-order valence-electron chi connectivity index (χ4n) is 5.15. The number of fused-ring (bicyclic) bond motifs is 1. The average Bonchev–Trinajstić information content (AvgIpc) is 3.74. The lowest BCUT2D eigenvalue weighted by Gasteiger charge is -2.20. The largest absolute Gasteiger partial charge is 0.458 e. The molecule has 5 atom stereocenters. The molecule has 1 aliphatic heterocycles. The van der Waals surface area contributed by atoms with Crippen molar-refractivity contribution in [2.75, 3.05) is 17.2 Å². The molecule has 0 spiro atoms. The van der Waals surface area contributed by atoms with E-state index in [0.29, 0.717) is 41.3 Å². The minimum Gasteiger partial charge on any atom is -0.458 e. The van der Waals surface area contributed by atoms with E-state index in [1.807, 2.05) is 37.3 Å². The Hall–Kier alpha value is -4.07. The molecule has 3 aromatic heterocycles. The number of nitrogens with one attached hydrogen (secondary N) is 2. The summed E-state index contributed by atoms with van der Waals surface area (Å²) < 4.78 is 18.5. The number of anilines is 2. The lowest BCUT2D eigenvalue weighted by Crippen LogP contribution is -2.31. The molecular formula is C29H37N7O6. The van der Waals surface area contributed by atoms with Gasteiger partial charge in [0.15, 0.2) is 41.2 Å². The first-order chi connectivity index (χ1) is 20.5. The van der Waals surface area contributed by atoms with Crippen molar-refractivity contribution in [1.29, 1.82) is 0 Å². The molecule has 5 rings (SSSR count). The number of aromatic nitrogens is 5. The summed E-state index contributed by atoms with van der Waals surface area (Å²) in [5.74, 6) is 1.13. The van der Waals surface area contributed by atoms with Crippen LogP contribution >= 0.6 is 0 Å². The van der Waals surface area contributed by atoms with E-state index in [-0.39, 0.29) is 31.1 Å². The van der Waals surface area contributed by atoms with Gasteiger partial charge in [0.2, 0.25) is 5.95 Å². The minimum absolute atomic E-state index is 0.140. The number of carbonyl (C=O) groups excluding carboxylic acids is 1. The first-order valence-electron chi connectivity index (χ1n) is 14.3. The zero-order valence-corrected chi connectivity index (χ0v) is 23.9. The highest BCUT2D eigenvalue weighted by atomic mass is 16.6. The standard InChI is InChI=1S/C29H37N7O6/c1-4-18(5-2)31-26-22-27(34-29(33-26)32-20(14-37)12-17-10-8-7-9-11-17)36(15-30-22)28-23(39)25(40-16-38)24(41-28)21-13-19(6-3)35-42-21/h7-11,13,15-16,18,20,23-25,28,37,39H,4-6,12,14H2,1-3H3,(H2,31,32,33,34)/t20-,23+,24+,25-,28+/m0/s1. The van der Waals surface area contributed by atoms with Crippen molar-refractivity contribution < 1.29 is 29.0 Å². The Morgan fingerprint density at radius 3 is 2.57 bits per heavy atom. The first kappa shape index (κ1) is 29.4. The van der Waals surface area contributed by atoms with E-state index in [1.165, 1.54) is 6.33 Å². The highest BCUT2D eigenvalue weighted by Crippen LogP contribution is 2.42. The van der Waals surface area contributed by atoms with Crippen LogP contribution in [0, 0.1) is 0 Å². The lowest BCUT2D eigenvalue weighted by molar-refractivity contribution is -0.140. The number of benzene rings is 1. The van der Waals surface area contributed by atoms with Crippen molar-refractivity contribution in [2.45, 2.75) is 83.1 Å². The summed E-state index contributed by atoms with van der Waals surface area (Å²) in [6.45, 7) is 6.24. The van der Waals surface area contributed by atoms with Crippen LogP contribution in [0.25, 0.3) is 11.2 Å². The normalized spacial score (nSPS) is 21.1. The molecule has 0 amide bonds. The summed E-state index contributed by atoms with van der Waals surface area (Å²) in [4.78, 5) is 25.4. The van der Waals surface area contributed by atoms with Crippen molar-refractivity contribution >= 4 is 29.4 Å². The van der Waals surface area contributed by atoms with Crippen LogP contribution in [0.3, 0.4) is 0 Å². The van der Waals surface area contributed by atoms with Crippen LogP contribution in [0.15, 0.2) is 47.2 Å². The van der Waals surface area contributed by atoms with E-state index in [2.05, 4.69) is 34.6 Å². The summed E-state index contributed by atoms with van der Waals surface area (Å²) >= 11 is 0. The van der Waals surface area contributed by atoms with E-state index in [1.54, 1.807) is 10.6 Å². The highest BCUT2D eigenvalue weighted by Gasteiger charge is 2.49. The molecule has 0 radical (unpaired) electrons. The van der Waals surface area contributed by atoms with E-state index in [9.17, 15) is 15.0 Å². The molecule has 4 N–H and O–H groups in total. The Kier molecular flexibility index (Phi) is 9.30. The molecule has 1 fully saturated rings. The van der Waals surface area contributed by atoms with Crippen LogP contribution < -0.4 is 10.6 Å². The number of hydrogen-bond donors (Lipinski definition) is 4. The van der Waals surface area contributed by atoms with Crippen LogP contribution in [0.1, 0.15) is 63.0 Å². The zero-order chi connectivity index (χ0) is 29.6. The molecular weight excluding hydrogens is 542 g/mol. The maximum atomic E-state index is 11.3. The molecule has 1 aliphatic rings. The maximum Gasteiger partial charge on any atom is 0.293 e. The van der Waals surface area contributed by atoms with Gasteiger partial charge in [0.05, 0.1) is 24.7 Å². The molecule has 1 saturated heterocycles. The Morgan fingerprint density at radius 2 is 1.90 bits per heavy atom. The molecule has 0 unspecified atom stereocenters. The van der Waals surface area contributed by atoms with E-state index in [4.69, 9.17) is 24.0 Å². The molecule has 4 aromatic rings. The topological polar surface area (TPSA) is 170 Å². The fraction of sp³-hybridized carbons (Fsp3) is 0.483. The van der Waals surface area contributed by atoms with Gasteiger partial charge in [0, 0.05) is 12.1 Å². The van der Waals surface area contributed by atoms with Crippen molar-refractivity contribution in [3.8, 4) is 0 Å². The molecule has 1 aromatic carbocycles. The van der Waals surface area contributed by atoms with E-state index >= 15 is 0 Å². The molecule has 224 valence electrons. The number of imidazole rings is 1. The minimum atomic E-state index is -1.27. The summed E-state index contributed by atoms with van der Waals surface area (Å²) in [5.41, 5.74) is 2.63. The second-order valence-corrected chi connectivity index (χ2v) is 10.3. The van der Waals surface area contributed by atoms with Gasteiger partial charge < -0.3 is 34.8 Å². The maximum absolute atomic E-state index is 11.3. The third-order valence-corrected chi connectivity index (χ3v) is 7.55. The van der Waals surface area contributed by atoms with Gasteiger partial charge in [-0.3, -0.25) is 9.36 Å². The van der Waals surface area contributed by atoms with Gasteiger partial charge >= 0.3 is 0 Å². The highest BCUT2D eigenvalue weighted by molar-refractivity contribution is 5.84. The van der Waals surface area contributed by atoms with E-state index < -0.39 is 24.5 Å². The van der Waals surface area contributed by atoms with Crippen LogP contribution in [0.2, 0.25) is 0 Å². The number of aliphatic hydroxyl groups is 2. The predicted molar refractivity (Wildman–Crippen MR) is 154 cm³/mol. The SMILES string of the molecule is CCc1cc([C@H]2O[C@@H](n3cnc4c(NC(CC)CC)nc(N[C@H](CO)Cc5ccccc5)nc43)[C@H](O)[C@@H]2OC=O)on1. The molecule has 13 nitrogen and oxygen atoms in total. The number of aryl methyl sites for hydroxylation is 1. The van der Waals surface area contributed by atoms with E-state index in [0.717, 1.165) is 18.4 Å². The van der Waals surface area contributed by atoms with Gasteiger partial charge in [-0.15, -0.1) is 0 Å². The second-order valence-electron chi connectivity index (χ2n) is 10.3. The molecule has 0 bridgehead atoms. The van der Waals surface area contributed by atoms with Gasteiger partial charge in [-0.2, -0.15) is 9.97 Å². The fourth-order valence-corrected chi connectivity index (χ4v) is 5.15. The summed E-state index contributed by atoms with van der Waals surface area (Å²) in [7, 11) is 0. The lowest BCUT2D eigenvalue weighted by atomic mass is 10.1. The number of aliphatic hydroxyl groups excluding tert-OH is 2. The number of hydrogen-bond acceptors (Lipinski definition) is 12. The van der Waals surface area contributed by atoms with Gasteiger partial charge in [-0.05, 0) is 31.2 Å². The van der Waals surface area contributed by atoms with Crippen molar-refractivity contribution in [1.82, 2.24) is 24.7 Å². The van der Waals surface area contributed by atoms with Crippen LogP contribution in [0.5, 0.6) is 0 Å². The smallest absolute Gasteiger partial charge is 0.293 e. The predicted octanol–water partition coefficient (Wildman–Crippen LogP) is 3.17. The number of carbonyl (C=O) groups is 1. The van der Waals surface area contributed by atoms with Gasteiger partial charge in [-0.25, -0.2) is 4.98 Å². The Bertz CT molecular complexity index is 1460. The Balaban J connectivity index is 1.52. The summed E-state index contributed by atoms with van der Waals surface area (Å²) in [5, 5.41) is 32.2. The van der Waals surface area contributed by atoms with Crippen LogP contribution in [0.4, 0.5) is 11.8 Å². The van der Waals surface area contributed by atoms with Crippen LogP contribution in [-0.4, -0.2) is 72.3 Å². The molecule has 13 heteroatoms. The van der Waals surface area contributed by atoms with Gasteiger partial charge in [0.25, 0.3) is 6.47 Å². The van der Waals surface area contributed by atoms with Gasteiger partial charge in [-0.1, -0.05) is 56.3 Å².